The Hall–Kier alpha value is -1.41. The number of methoxy groups -OCH3 is 1. The summed E-state index contributed by atoms with van der Waals surface area (Å²) in [7, 11) is 1.26. The molecule has 0 radical (unpaired) electrons. The second-order valence-corrected chi connectivity index (χ2v) is 3.07. The van der Waals surface area contributed by atoms with Gasteiger partial charge in [0.1, 0.15) is 11.8 Å². The number of hydrogen-bond acceptors (Lipinski definition) is 4. The Morgan fingerprint density at radius 2 is 2.38 bits per heavy atom. The Labute approximate surface area is 83.3 Å². The molecule has 0 aliphatic heterocycles. The Bertz CT molecular complexity index is 384. The lowest BCUT2D eigenvalue weighted by Gasteiger charge is -1.98. The van der Waals surface area contributed by atoms with E-state index in [2.05, 4.69) is 25.7 Å². The maximum absolute atomic E-state index is 11.0. The first kappa shape index (κ1) is 9.68. The van der Waals surface area contributed by atoms with Crippen molar-refractivity contribution in [3.05, 3.63) is 28.0 Å². The molecule has 0 spiro atoms. The average molecular weight is 241 g/mol. The van der Waals surface area contributed by atoms with Crippen molar-refractivity contribution in [1.29, 1.82) is 5.26 Å². The second kappa shape index (κ2) is 4.01. The molecule has 0 fully saturated rings. The van der Waals surface area contributed by atoms with Crippen LogP contribution in [0, 0.1) is 11.3 Å². The molecule has 1 heterocycles. The van der Waals surface area contributed by atoms with Gasteiger partial charge in [0.05, 0.1) is 7.11 Å². The van der Waals surface area contributed by atoms with Crippen molar-refractivity contribution in [1.82, 2.24) is 4.98 Å². The lowest BCUT2D eigenvalue weighted by molar-refractivity contribution is 0.0594. The molecule has 1 rings (SSSR count). The van der Waals surface area contributed by atoms with Gasteiger partial charge in [-0.3, -0.25) is 0 Å². The van der Waals surface area contributed by atoms with E-state index in [4.69, 9.17) is 5.26 Å². The van der Waals surface area contributed by atoms with Gasteiger partial charge in [-0.2, -0.15) is 5.26 Å². The summed E-state index contributed by atoms with van der Waals surface area (Å²) in [6.07, 6.45) is 0. The zero-order chi connectivity index (χ0) is 9.84. The van der Waals surface area contributed by atoms with Gasteiger partial charge in [0.2, 0.25) is 0 Å². The third kappa shape index (κ3) is 2.26. The molecule has 0 N–H and O–H groups in total. The number of halogens is 1. The van der Waals surface area contributed by atoms with E-state index in [1.165, 1.54) is 19.2 Å². The van der Waals surface area contributed by atoms with Crippen LogP contribution in [0.1, 0.15) is 16.2 Å². The summed E-state index contributed by atoms with van der Waals surface area (Å²) in [6, 6.07) is 4.85. The Kier molecular flexibility index (Phi) is 2.98. The quantitative estimate of drug-likeness (QED) is 0.699. The predicted molar refractivity (Wildman–Crippen MR) is 48.0 cm³/mol. The van der Waals surface area contributed by atoms with Gasteiger partial charge >= 0.3 is 5.97 Å². The van der Waals surface area contributed by atoms with Gasteiger partial charge in [-0.05, 0) is 12.1 Å². The first-order chi connectivity index (χ1) is 6.17. The van der Waals surface area contributed by atoms with Crippen LogP contribution in [0.5, 0.6) is 0 Å². The summed E-state index contributed by atoms with van der Waals surface area (Å²) in [6.45, 7) is 0. The minimum atomic E-state index is -0.558. The van der Waals surface area contributed by atoms with Crippen molar-refractivity contribution in [3.8, 4) is 6.07 Å². The standard InChI is InChI=1S/C8H5BrN2O2/c1-13-8(12)7-3-5(9)2-6(4-10)11-7/h2-3H,1H3. The van der Waals surface area contributed by atoms with Gasteiger partial charge in [-0.25, -0.2) is 9.78 Å². The fourth-order valence-electron chi connectivity index (χ4n) is 0.764. The molecule has 4 nitrogen and oxygen atoms in total. The summed E-state index contributed by atoms with van der Waals surface area (Å²) in [5.41, 5.74) is 0.295. The molecule has 0 saturated heterocycles. The fourth-order valence-corrected chi connectivity index (χ4v) is 1.20. The number of aromatic nitrogens is 1. The van der Waals surface area contributed by atoms with E-state index in [0.29, 0.717) is 4.47 Å². The van der Waals surface area contributed by atoms with Gasteiger partial charge in [0.25, 0.3) is 0 Å². The molecule has 0 aromatic carbocycles. The number of carbonyl (C=O) groups excluding carboxylic acids is 1. The summed E-state index contributed by atoms with van der Waals surface area (Å²) in [5.74, 6) is -0.558. The summed E-state index contributed by atoms with van der Waals surface area (Å²) in [5, 5.41) is 8.56. The molecule has 0 atom stereocenters. The summed E-state index contributed by atoms with van der Waals surface area (Å²) in [4.78, 5) is 14.8. The van der Waals surface area contributed by atoms with Crippen LogP contribution in [-0.4, -0.2) is 18.1 Å². The highest BCUT2D eigenvalue weighted by Crippen LogP contribution is 2.12. The highest BCUT2D eigenvalue weighted by molar-refractivity contribution is 9.10. The fraction of sp³-hybridized carbons (Fsp3) is 0.125. The molecule has 13 heavy (non-hydrogen) atoms. The van der Waals surface area contributed by atoms with Crippen LogP contribution >= 0.6 is 15.9 Å². The normalized spacial score (nSPS) is 9.00. The first-order valence-corrected chi connectivity index (χ1v) is 4.12. The summed E-state index contributed by atoms with van der Waals surface area (Å²) < 4.78 is 5.08. The van der Waals surface area contributed by atoms with E-state index < -0.39 is 5.97 Å². The molecule has 0 saturated carbocycles. The molecule has 5 heteroatoms. The number of nitrogens with zero attached hydrogens (tertiary/aromatic N) is 2. The Morgan fingerprint density at radius 3 is 2.92 bits per heavy atom. The second-order valence-electron chi connectivity index (χ2n) is 2.16. The maximum Gasteiger partial charge on any atom is 0.356 e. The lowest BCUT2D eigenvalue weighted by Crippen LogP contribution is -2.05. The molecule has 0 unspecified atom stereocenters. The molecule has 0 aliphatic carbocycles. The Morgan fingerprint density at radius 1 is 1.69 bits per heavy atom. The highest BCUT2D eigenvalue weighted by Gasteiger charge is 2.09. The first-order valence-electron chi connectivity index (χ1n) is 3.33. The zero-order valence-corrected chi connectivity index (χ0v) is 8.33. The molecule has 0 bridgehead atoms. The van der Waals surface area contributed by atoms with Gasteiger partial charge in [-0.1, -0.05) is 15.9 Å². The zero-order valence-electron chi connectivity index (χ0n) is 6.74. The number of rotatable bonds is 1. The minimum Gasteiger partial charge on any atom is -0.464 e. The molecule has 1 aromatic rings. The van der Waals surface area contributed by atoms with Gasteiger partial charge in [-0.15, -0.1) is 0 Å². The third-order valence-corrected chi connectivity index (χ3v) is 1.76. The number of esters is 1. The van der Waals surface area contributed by atoms with Crippen molar-refractivity contribution in [3.63, 3.8) is 0 Å². The average Bonchev–Trinajstić information content (AvgIpc) is 2.15. The van der Waals surface area contributed by atoms with E-state index in [-0.39, 0.29) is 11.4 Å². The van der Waals surface area contributed by atoms with Crippen LogP contribution in [0.3, 0.4) is 0 Å². The number of hydrogen-bond donors (Lipinski definition) is 0. The van der Waals surface area contributed by atoms with E-state index in [0.717, 1.165) is 0 Å². The third-order valence-electron chi connectivity index (χ3n) is 1.30. The van der Waals surface area contributed by atoms with E-state index in [1.54, 1.807) is 0 Å². The Balaban J connectivity index is 3.17. The highest BCUT2D eigenvalue weighted by atomic mass is 79.9. The monoisotopic (exact) mass is 240 g/mol. The molecule has 66 valence electrons. The molecule has 1 aromatic heterocycles. The van der Waals surface area contributed by atoms with E-state index in [9.17, 15) is 4.79 Å². The van der Waals surface area contributed by atoms with Gasteiger partial charge in [0, 0.05) is 4.47 Å². The summed E-state index contributed by atoms with van der Waals surface area (Å²) >= 11 is 3.15. The van der Waals surface area contributed by atoms with Crippen LogP contribution < -0.4 is 0 Å². The number of ether oxygens (including phenoxy) is 1. The van der Waals surface area contributed by atoms with Crippen molar-refractivity contribution >= 4 is 21.9 Å². The van der Waals surface area contributed by atoms with E-state index >= 15 is 0 Å². The van der Waals surface area contributed by atoms with Crippen LogP contribution in [-0.2, 0) is 4.74 Å². The van der Waals surface area contributed by atoms with Crippen molar-refractivity contribution in [2.75, 3.05) is 7.11 Å². The van der Waals surface area contributed by atoms with Crippen LogP contribution in [0.2, 0.25) is 0 Å². The topological polar surface area (TPSA) is 63.0 Å². The smallest absolute Gasteiger partial charge is 0.356 e. The largest absolute Gasteiger partial charge is 0.464 e. The van der Waals surface area contributed by atoms with Crippen molar-refractivity contribution in [2.24, 2.45) is 0 Å². The molecular formula is C8H5BrN2O2. The maximum atomic E-state index is 11.0. The van der Waals surface area contributed by atoms with E-state index in [1.807, 2.05) is 6.07 Å². The predicted octanol–water partition coefficient (Wildman–Crippen LogP) is 1.50. The van der Waals surface area contributed by atoms with Gasteiger partial charge in [0.15, 0.2) is 5.69 Å². The minimum absolute atomic E-state index is 0.119. The molecular weight excluding hydrogens is 236 g/mol. The van der Waals surface area contributed by atoms with Gasteiger partial charge < -0.3 is 4.74 Å². The van der Waals surface area contributed by atoms with Crippen LogP contribution in [0.15, 0.2) is 16.6 Å². The molecule has 0 aliphatic rings. The van der Waals surface area contributed by atoms with Crippen molar-refractivity contribution in [2.45, 2.75) is 0 Å². The van der Waals surface area contributed by atoms with Crippen LogP contribution in [0.4, 0.5) is 0 Å². The number of carbonyl (C=O) groups is 1. The number of pyridine rings is 1. The van der Waals surface area contributed by atoms with Crippen molar-refractivity contribution < 1.29 is 9.53 Å². The number of nitriles is 1. The molecule has 0 amide bonds. The lowest BCUT2D eigenvalue weighted by atomic mass is 10.3. The SMILES string of the molecule is COC(=O)c1cc(Br)cc(C#N)n1. The van der Waals surface area contributed by atoms with Crippen LogP contribution in [0.25, 0.3) is 0 Å².